The van der Waals surface area contributed by atoms with E-state index in [4.69, 9.17) is 0 Å². The van der Waals surface area contributed by atoms with E-state index in [2.05, 4.69) is 20.7 Å². The van der Waals surface area contributed by atoms with E-state index in [0.29, 0.717) is 15.6 Å². The fourth-order valence-corrected chi connectivity index (χ4v) is 3.16. The van der Waals surface area contributed by atoms with Crippen LogP contribution in [0.5, 0.6) is 0 Å². The van der Waals surface area contributed by atoms with Gasteiger partial charge in [-0.05, 0) is 31.5 Å². The standard InChI is InChI=1S/C17H17BrO5/c1-17(2)11-5-4-9(18)8-10(11)15(21)14(16(17)22)12(19)6-7-13(20)23-3/h4-5,8,14H,6-7H2,1-3H3. The molecule has 122 valence electrons. The van der Waals surface area contributed by atoms with Crippen molar-refractivity contribution in [2.24, 2.45) is 5.92 Å². The Bertz CT molecular complexity index is 705. The van der Waals surface area contributed by atoms with Crippen LogP contribution in [0.2, 0.25) is 0 Å². The lowest BCUT2D eigenvalue weighted by Crippen LogP contribution is -2.47. The quantitative estimate of drug-likeness (QED) is 0.592. The monoisotopic (exact) mass is 380 g/mol. The van der Waals surface area contributed by atoms with Gasteiger partial charge in [0.15, 0.2) is 17.3 Å². The number of benzene rings is 1. The molecule has 0 aliphatic heterocycles. The van der Waals surface area contributed by atoms with Crippen molar-refractivity contribution in [1.29, 1.82) is 0 Å². The zero-order valence-electron chi connectivity index (χ0n) is 13.1. The summed E-state index contributed by atoms with van der Waals surface area (Å²) in [5, 5.41) is 0. The van der Waals surface area contributed by atoms with Crippen LogP contribution < -0.4 is 0 Å². The van der Waals surface area contributed by atoms with Gasteiger partial charge in [0.25, 0.3) is 0 Å². The van der Waals surface area contributed by atoms with Crippen molar-refractivity contribution in [3.63, 3.8) is 0 Å². The van der Waals surface area contributed by atoms with Crippen LogP contribution in [0.4, 0.5) is 0 Å². The van der Waals surface area contributed by atoms with Gasteiger partial charge in [-0.2, -0.15) is 0 Å². The molecule has 0 heterocycles. The van der Waals surface area contributed by atoms with Crippen LogP contribution in [-0.4, -0.2) is 30.4 Å². The molecular weight excluding hydrogens is 364 g/mol. The minimum absolute atomic E-state index is 0.141. The maximum absolute atomic E-state index is 12.7. The lowest BCUT2D eigenvalue weighted by atomic mass is 9.65. The predicted octanol–water partition coefficient (Wildman–Crippen LogP) is 2.63. The fraction of sp³-hybridized carbons (Fsp3) is 0.412. The average molecular weight is 381 g/mol. The highest BCUT2D eigenvalue weighted by Gasteiger charge is 2.48. The second-order valence-corrected chi connectivity index (χ2v) is 6.93. The molecule has 0 saturated heterocycles. The minimum atomic E-state index is -1.35. The lowest BCUT2D eigenvalue weighted by Gasteiger charge is -2.34. The number of fused-ring (bicyclic) bond motifs is 1. The molecule has 0 amide bonds. The summed E-state index contributed by atoms with van der Waals surface area (Å²) in [7, 11) is 1.22. The summed E-state index contributed by atoms with van der Waals surface area (Å²) in [6.07, 6.45) is -0.327. The molecule has 5 nitrogen and oxygen atoms in total. The molecule has 0 bridgehead atoms. The number of carbonyl (C=O) groups excluding carboxylic acids is 4. The van der Waals surface area contributed by atoms with Gasteiger partial charge < -0.3 is 4.74 Å². The Morgan fingerprint density at radius 3 is 2.48 bits per heavy atom. The van der Waals surface area contributed by atoms with Crippen LogP contribution in [0.3, 0.4) is 0 Å². The van der Waals surface area contributed by atoms with Gasteiger partial charge in [-0.15, -0.1) is 0 Å². The van der Waals surface area contributed by atoms with Gasteiger partial charge in [0, 0.05) is 16.5 Å². The molecule has 6 heteroatoms. The van der Waals surface area contributed by atoms with E-state index in [-0.39, 0.29) is 12.8 Å². The van der Waals surface area contributed by atoms with Crippen LogP contribution in [-0.2, 0) is 24.5 Å². The van der Waals surface area contributed by atoms with Gasteiger partial charge in [0.2, 0.25) is 0 Å². The maximum atomic E-state index is 12.7. The van der Waals surface area contributed by atoms with Gasteiger partial charge in [0.1, 0.15) is 5.92 Å². The number of rotatable bonds is 4. The number of ether oxygens (including phenoxy) is 1. The summed E-state index contributed by atoms with van der Waals surface area (Å²) < 4.78 is 5.19. The molecule has 23 heavy (non-hydrogen) atoms. The number of hydrogen-bond donors (Lipinski definition) is 0. The molecule has 0 radical (unpaired) electrons. The Morgan fingerprint density at radius 1 is 1.22 bits per heavy atom. The highest BCUT2D eigenvalue weighted by molar-refractivity contribution is 9.10. The minimum Gasteiger partial charge on any atom is -0.469 e. The molecule has 1 aliphatic carbocycles. The van der Waals surface area contributed by atoms with Gasteiger partial charge in [-0.3, -0.25) is 19.2 Å². The fourth-order valence-electron chi connectivity index (χ4n) is 2.80. The Morgan fingerprint density at radius 2 is 1.87 bits per heavy atom. The summed E-state index contributed by atoms with van der Waals surface area (Å²) in [5.41, 5.74) is 0.0586. The number of halogens is 1. The first-order valence-corrected chi connectivity index (χ1v) is 7.97. The molecule has 2 rings (SSSR count). The normalized spacial score (nSPS) is 19.2. The van der Waals surface area contributed by atoms with Crippen molar-refractivity contribution in [2.45, 2.75) is 32.1 Å². The number of ketones is 3. The van der Waals surface area contributed by atoms with Crippen molar-refractivity contribution in [2.75, 3.05) is 7.11 Å². The number of methoxy groups -OCH3 is 1. The van der Waals surface area contributed by atoms with E-state index in [9.17, 15) is 19.2 Å². The SMILES string of the molecule is COC(=O)CCC(=O)C1C(=O)c2cc(Br)ccc2C(C)(C)C1=O. The van der Waals surface area contributed by atoms with Crippen molar-refractivity contribution in [1.82, 2.24) is 0 Å². The number of carbonyl (C=O) groups is 4. The first kappa shape index (κ1) is 17.5. The number of hydrogen-bond acceptors (Lipinski definition) is 5. The predicted molar refractivity (Wildman–Crippen MR) is 86.3 cm³/mol. The molecular formula is C17H17BrO5. The summed E-state index contributed by atoms with van der Waals surface area (Å²) >= 11 is 3.30. The van der Waals surface area contributed by atoms with Gasteiger partial charge in [-0.1, -0.05) is 22.0 Å². The van der Waals surface area contributed by atoms with Crippen LogP contribution >= 0.6 is 15.9 Å². The van der Waals surface area contributed by atoms with Crippen LogP contribution in [0.25, 0.3) is 0 Å². The molecule has 1 aromatic rings. The molecule has 0 saturated carbocycles. The first-order chi connectivity index (χ1) is 10.7. The van der Waals surface area contributed by atoms with Gasteiger partial charge in [0.05, 0.1) is 18.9 Å². The van der Waals surface area contributed by atoms with Crippen LogP contribution in [0, 0.1) is 5.92 Å². The molecule has 0 aromatic heterocycles. The topological polar surface area (TPSA) is 77.5 Å². The van der Waals surface area contributed by atoms with Crippen molar-refractivity contribution in [3.05, 3.63) is 33.8 Å². The third kappa shape index (κ3) is 3.13. The van der Waals surface area contributed by atoms with E-state index >= 15 is 0 Å². The van der Waals surface area contributed by atoms with Gasteiger partial charge >= 0.3 is 5.97 Å². The summed E-state index contributed by atoms with van der Waals surface area (Å²) in [6, 6.07) is 5.12. The Balaban J connectivity index is 2.39. The molecule has 0 spiro atoms. The molecule has 1 unspecified atom stereocenters. The van der Waals surface area contributed by atoms with Crippen molar-refractivity contribution < 1.29 is 23.9 Å². The smallest absolute Gasteiger partial charge is 0.305 e. The Labute approximate surface area is 142 Å². The maximum Gasteiger partial charge on any atom is 0.305 e. The van der Waals surface area contributed by atoms with Crippen molar-refractivity contribution >= 4 is 39.2 Å². The van der Waals surface area contributed by atoms with Crippen molar-refractivity contribution in [3.8, 4) is 0 Å². The highest BCUT2D eigenvalue weighted by atomic mass is 79.9. The van der Waals surface area contributed by atoms with E-state index in [1.165, 1.54) is 7.11 Å². The van der Waals surface area contributed by atoms with Gasteiger partial charge in [-0.25, -0.2) is 0 Å². The molecule has 1 aliphatic rings. The largest absolute Gasteiger partial charge is 0.469 e. The zero-order chi connectivity index (χ0) is 17.4. The third-order valence-corrected chi connectivity index (χ3v) is 4.68. The van der Waals surface area contributed by atoms with E-state index in [1.54, 1.807) is 32.0 Å². The number of Topliss-reactive ketones (excluding diaryl/α,β-unsaturated/α-hetero) is 3. The summed E-state index contributed by atoms with van der Waals surface area (Å²) in [6.45, 7) is 3.41. The molecule has 0 fully saturated rings. The molecule has 1 atom stereocenters. The highest BCUT2D eigenvalue weighted by Crippen LogP contribution is 2.38. The average Bonchev–Trinajstić information content (AvgIpc) is 2.50. The molecule has 1 aromatic carbocycles. The Kier molecular flexibility index (Phi) is 4.84. The second-order valence-electron chi connectivity index (χ2n) is 6.02. The third-order valence-electron chi connectivity index (χ3n) is 4.19. The van der Waals surface area contributed by atoms with E-state index < -0.39 is 34.7 Å². The van der Waals surface area contributed by atoms with E-state index in [1.807, 2.05) is 0 Å². The van der Waals surface area contributed by atoms with Crippen LogP contribution in [0.15, 0.2) is 22.7 Å². The summed E-state index contributed by atoms with van der Waals surface area (Å²) in [4.78, 5) is 48.9. The first-order valence-electron chi connectivity index (χ1n) is 7.18. The van der Waals surface area contributed by atoms with Crippen LogP contribution in [0.1, 0.15) is 42.6 Å². The zero-order valence-corrected chi connectivity index (χ0v) is 14.7. The second kappa shape index (κ2) is 6.35. The molecule has 0 N–H and O–H groups in total. The summed E-state index contributed by atoms with van der Waals surface area (Å²) in [5.74, 6) is -3.36. The van der Waals surface area contributed by atoms with E-state index in [0.717, 1.165) is 0 Å². The lowest BCUT2D eigenvalue weighted by molar-refractivity contribution is -0.143. The number of esters is 1. The Hall–Kier alpha value is -1.82.